The third-order valence-electron chi connectivity index (χ3n) is 3.06. The van der Waals surface area contributed by atoms with Gasteiger partial charge in [-0.15, -0.1) is 0 Å². The van der Waals surface area contributed by atoms with Gasteiger partial charge in [-0.2, -0.15) is 13.2 Å². The van der Waals surface area contributed by atoms with E-state index in [1.807, 2.05) is 0 Å². The molecule has 1 heterocycles. The lowest BCUT2D eigenvalue weighted by Crippen LogP contribution is -2.50. The average molecular weight is 283 g/mol. The zero-order valence-corrected chi connectivity index (χ0v) is 11.3. The Bertz CT molecular complexity index is 325. The zero-order valence-electron chi connectivity index (χ0n) is 11.3. The van der Waals surface area contributed by atoms with Gasteiger partial charge in [-0.05, 0) is 33.1 Å². The lowest BCUT2D eigenvalue weighted by Gasteiger charge is -2.39. The van der Waals surface area contributed by atoms with Crippen LogP contribution in [0, 0.1) is 11.8 Å². The molecule has 112 valence electrons. The molecule has 1 fully saturated rings. The number of carbonyl (C=O) groups excluding carboxylic acids is 1. The van der Waals surface area contributed by atoms with Gasteiger partial charge < -0.3 is 14.7 Å². The molecule has 0 spiro atoms. The van der Waals surface area contributed by atoms with Crippen molar-refractivity contribution in [2.24, 2.45) is 11.8 Å². The monoisotopic (exact) mass is 283 g/mol. The maximum Gasteiger partial charge on any atom is 0.410 e. The van der Waals surface area contributed by atoms with Gasteiger partial charge in [-0.25, -0.2) is 4.79 Å². The third kappa shape index (κ3) is 4.56. The molecule has 2 atom stereocenters. The number of rotatable bonds is 1. The second kappa shape index (κ2) is 5.56. The van der Waals surface area contributed by atoms with Gasteiger partial charge in [-0.1, -0.05) is 0 Å². The number of amides is 1. The summed E-state index contributed by atoms with van der Waals surface area (Å²) in [5, 5.41) is 9.00. The first-order valence-corrected chi connectivity index (χ1v) is 6.20. The van der Waals surface area contributed by atoms with Crippen LogP contribution in [0.25, 0.3) is 0 Å². The van der Waals surface area contributed by atoms with E-state index in [9.17, 15) is 18.0 Å². The Kier molecular flexibility index (Phi) is 4.71. The van der Waals surface area contributed by atoms with E-state index in [0.29, 0.717) is 0 Å². The van der Waals surface area contributed by atoms with Crippen LogP contribution in [-0.4, -0.2) is 47.6 Å². The van der Waals surface area contributed by atoms with Gasteiger partial charge >= 0.3 is 12.3 Å². The van der Waals surface area contributed by atoms with E-state index >= 15 is 0 Å². The first-order valence-electron chi connectivity index (χ1n) is 6.20. The van der Waals surface area contributed by atoms with Crippen LogP contribution in [0.15, 0.2) is 0 Å². The Morgan fingerprint density at radius 2 is 1.95 bits per heavy atom. The van der Waals surface area contributed by atoms with E-state index in [2.05, 4.69) is 0 Å². The first-order chi connectivity index (χ1) is 8.54. The fraction of sp³-hybridized carbons (Fsp3) is 0.917. The van der Waals surface area contributed by atoms with Gasteiger partial charge in [0.1, 0.15) is 5.60 Å². The molecule has 0 saturated carbocycles. The number of nitrogens with zero attached hydrogens (tertiary/aromatic N) is 1. The Morgan fingerprint density at radius 3 is 2.37 bits per heavy atom. The van der Waals surface area contributed by atoms with E-state index in [0.717, 1.165) is 4.90 Å². The van der Waals surface area contributed by atoms with Crippen molar-refractivity contribution < 1.29 is 27.8 Å². The number of ether oxygens (including phenoxy) is 1. The van der Waals surface area contributed by atoms with E-state index in [1.54, 1.807) is 20.8 Å². The van der Waals surface area contributed by atoms with Crippen molar-refractivity contribution in [2.45, 2.75) is 39.0 Å². The zero-order chi connectivity index (χ0) is 14.8. The van der Waals surface area contributed by atoms with Crippen LogP contribution >= 0.6 is 0 Å². The fourth-order valence-corrected chi connectivity index (χ4v) is 2.08. The highest BCUT2D eigenvalue weighted by molar-refractivity contribution is 5.68. The van der Waals surface area contributed by atoms with E-state index in [1.165, 1.54) is 0 Å². The van der Waals surface area contributed by atoms with Gasteiger partial charge in [0.25, 0.3) is 0 Å². The predicted octanol–water partition coefficient (Wildman–Crippen LogP) is 2.41. The predicted molar refractivity (Wildman–Crippen MR) is 62.5 cm³/mol. The quantitative estimate of drug-likeness (QED) is 0.804. The van der Waals surface area contributed by atoms with Crippen LogP contribution in [0.1, 0.15) is 27.2 Å². The molecule has 1 saturated heterocycles. The maximum atomic E-state index is 12.9. The number of hydrogen-bond donors (Lipinski definition) is 1. The SMILES string of the molecule is CC(C)(C)OC(=O)N1CC[C@@H](CO)[C@H](C(F)(F)F)C1. The molecule has 1 amide bonds. The molecule has 19 heavy (non-hydrogen) atoms. The van der Waals surface area contributed by atoms with E-state index in [-0.39, 0.29) is 13.0 Å². The molecule has 1 rings (SSSR count). The minimum atomic E-state index is -4.42. The molecule has 1 N–H and O–H groups in total. The number of alkyl halides is 3. The number of likely N-dealkylation sites (tertiary alicyclic amines) is 1. The smallest absolute Gasteiger partial charge is 0.410 e. The Hall–Kier alpha value is -0.980. The minimum Gasteiger partial charge on any atom is -0.444 e. The van der Waals surface area contributed by atoms with Gasteiger partial charge in [0.05, 0.1) is 5.92 Å². The first kappa shape index (κ1) is 16.1. The molecular weight excluding hydrogens is 263 g/mol. The summed E-state index contributed by atoms with van der Waals surface area (Å²) in [6.45, 7) is 4.18. The van der Waals surface area contributed by atoms with Crippen LogP contribution in [0.4, 0.5) is 18.0 Å². The number of piperidine rings is 1. The van der Waals surface area contributed by atoms with Gasteiger partial charge in [0.2, 0.25) is 0 Å². The third-order valence-corrected chi connectivity index (χ3v) is 3.06. The number of halogens is 3. The Morgan fingerprint density at radius 1 is 1.37 bits per heavy atom. The summed E-state index contributed by atoms with van der Waals surface area (Å²) in [5.41, 5.74) is -0.737. The molecule has 1 aliphatic rings. The summed E-state index contributed by atoms with van der Waals surface area (Å²) in [5.74, 6) is -2.54. The lowest BCUT2D eigenvalue weighted by molar-refractivity contribution is -0.203. The fourth-order valence-electron chi connectivity index (χ4n) is 2.08. The largest absolute Gasteiger partial charge is 0.444 e. The van der Waals surface area contributed by atoms with Crippen molar-refractivity contribution in [3.63, 3.8) is 0 Å². The van der Waals surface area contributed by atoms with Crippen LogP contribution in [0.3, 0.4) is 0 Å². The summed E-state index contributed by atoms with van der Waals surface area (Å²) in [7, 11) is 0. The number of hydrogen-bond acceptors (Lipinski definition) is 3. The number of aliphatic hydroxyl groups excluding tert-OH is 1. The molecule has 0 aromatic heterocycles. The molecule has 1 aliphatic heterocycles. The van der Waals surface area contributed by atoms with Gasteiger partial charge in [0, 0.05) is 19.7 Å². The molecule has 0 bridgehead atoms. The Balaban J connectivity index is 2.72. The molecule has 0 aromatic rings. The summed E-state index contributed by atoms with van der Waals surface area (Å²) < 4.78 is 43.7. The van der Waals surface area contributed by atoms with Crippen molar-refractivity contribution in [3.05, 3.63) is 0 Å². The molecule has 0 unspecified atom stereocenters. The van der Waals surface area contributed by atoms with Crippen molar-refractivity contribution in [1.29, 1.82) is 0 Å². The molecule has 0 radical (unpaired) electrons. The summed E-state index contributed by atoms with van der Waals surface area (Å²) in [6, 6.07) is 0. The van der Waals surface area contributed by atoms with Crippen LogP contribution in [0.5, 0.6) is 0 Å². The number of carbonyl (C=O) groups is 1. The van der Waals surface area contributed by atoms with Crippen molar-refractivity contribution >= 4 is 6.09 Å². The second-order valence-electron chi connectivity index (χ2n) is 5.81. The number of aliphatic hydroxyl groups is 1. The highest BCUT2D eigenvalue weighted by Crippen LogP contribution is 2.37. The molecule has 4 nitrogen and oxygen atoms in total. The minimum absolute atomic E-state index is 0.125. The van der Waals surface area contributed by atoms with E-state index in [4.69, 9.17) is 9.84 Å². The normalized spacial score (nSPS) is 25.3. The van der Waals surface area contributed by atoms with Crippen molar-refractivity contribution in [1.82, 2.24) is 4.90 Å². The highest BCUT2D eigenvalue weighted by Gasteiger charge is 2.48. The molecule has 0 aromatic carbocycles. The topological polar surface area (TPSA) is 49.8 Å². The summed E-state index contributed by atoms with van der Waals surface area (Å²) >= 11 is 0. The second-order valence-corrected chi connectivity index (χ2v) is 5.81. The van der Waals surface area contributed by atoms with Crippen LogP contribution in [0.2, 0.25) is 0 Å². The van der Waals surface area contributed by atoms with E-state index < -0.39 is 42.9 Å². The average Bonchev–Trinajstić information content (AvgIpc) is 2.24. The van der Waals surface area contributed by atoms with Gasteiger partial charge in [0.15, 0.2) is 0 Å². The van der Waals surface area contributed by atoms with Gasteiger partial charge in [-0.3, -0.25) is 0 Å². The van der Waals surface area contributed by atoms with Crippen LogP contribution in [-0.2, 0) is 4.74 Å². The lowest BCUT2D eigenvalue weighted by atomic mass is 9.86. The molecular formula is C12H20F3NO3. The Labute approximate surface area is 110 Å². The van der Waals surface area contributed by atoms with Crippen molar-refractivity contribution in [3.8, 4) is 0 Å². The molecule has 7 heteroatoms. The van der Waals surface area contributed by atoms with Crippen LogP contribution < -0.4 is 0 Å². The molecule has 0 aliphatic carbocycles. The maximum absolute atomic E-state index is 12.9. The highest BCUT2D eigenvalue weighted by atomic mass is 19.4. The summed E-state index contributed by atoms with van der Waals surface area (Å²) in [6.07, 6.45) is -5.04. The summed E-state index contributed by atoms with van der Waals surface area (Å²) in [4.78, 5) is 12.8. The van der Waals surface area contributed by atoms with Crippen molar-refractivity contribution in [2.75, 3.05) is 19.7 Å². The standard InChI is InChI=1S/C12H20F3NO3/c1-11(2,3)19-10(18)16-5-4-8(7-17)9(6-16)12(13,14)15/h8-9,17H,4-7H2,1-3H3/t8-,9+/m0/s1.